The van der Waals surface area contributed by atoms with E-state index >= 15 is 0 Å². The third kappa shape index (κ3) is 3.45. The minimum absolute atomic E-state index is 0.0249. The zero-order valence-corrected chi connectivity index (χ0v) is 15.5. The molecule has 1 fully saturated rings. The molecule has 1 atom stereocenters. The van der Waals surface area contributed by atoms with Crippen LogP contribution in [-0.2, 0) is 7.05 Å². The van der Waals surface area contributed by atoms with E-state index in [1.165, 1.54) is 0 Å². The number of hydrogen-bond donors (Lipinski definition) is 0. The molecule has 4 heterocycles. The van der Waals surface area contributed by atoms with Crippen LogP contribution in [0.25, 0.3) is 11.5 Å². The number of carbonyl (C=O) groups is 1. The number of imidazole rings is 1. The number of hydrogen-bond acceptors (Lipinski definition) is 5. The second-order valence-corrected chi connectivity index (χ2v) is 6.83. The molecule has 27 heavy (non-hydrogen) atoms. The molecule has 138 valence electrons. The molecule has 0 N–H and O–H groups in total. The van der Waals surface area contributed by atoms with Gasteiger partial charge < -0.3 is 9.47 Å². The van der Waals surface area contributed by atoms with Gasteiger partial charge in [0.25, 0.3) is 5.91 Å². The second-order valence-electron chi connectivity index (χ2n) is 6.83. The van der Waals surface area contributed by atoms with Gasteiger partial charge in [0, 0.05) is 43.9 Å². The maximum absolute atomic E-state index is 13.1. The van der Waals surface area contributed by atoms with Crippen LogP contribution in [0.1, 0.15) is 47.2 Å². The van der Waals surface area contributed by atoms with Crippen LogP contribution < -0.4 is 0 Å². The molecule has 0 aromatic carbocycles. The van der Waals surface area contributed by atoms with Gasteiger partial charge in [0.05, 0.1) is 11.7 Å². The van der Waals surface area contributed by atoms with E-state index in [0.717, 1.165) is 43.0 Å². The zero-order valence-electron chi connectivity index (χ0n) is 15.5. The highest BCUT2D eigenvalue weighted by atomic mass is 16.2. The lowest BCUT2D eigenvalue weighted by Gasteiger charge is -2.35. The van der Waals surface area contributed by atoms with Crippen molar-refractivity contribution in [1.82, 2.24) is 29.4 Å². The summed E-state index contributed by atoms with van der Waals surface area (Å²) in [4.78, 5) is 32.6. The first kappa shape index (κ1) is 17.3. The molecule has 1 unspecified atom stereocenters. The van der Waals surface area contributed by atoms with E-state index in [2.05, 4.69) is 19.9 Å². The standard InChI is InChI=1S/C20H22N6O/c1-14-23-16(13-17(24-14)19-22-10-12-25(19)2)18-5-3-4-11-26(18)20(27)15-6-8-21-9-7-15/h6-10,12-13,18H,3-5,11H2,1-2H3. The number of likely N-dealkylation sites (tertiary alicyclic amines) is 1. The summed E-state index contributed by atoms with van der Waals surface area (Å²) in [5.74, 6) is 1.51. The van der Waals surface area contributed by atoms with Crippen LogP contribution in [-0.4, -0.2) is 41.9 Å². The van der Waals surface area contributed by atoms with Crippen molar-refractivity contribution in [2.75, 3.05) is 6.54 Å². The minimum atomic E-state index is -0.0554. The maximum atomic E-state index is 13.1. The summed E-state index contributed by atoms with van der Waals surface area (Å²) in [6.07, 6.45) is 9.93. The molecule has 0 saturated carbocycles. The van der Waals surface area contributed by atoms with Gasteiger partial charge in [-0.25, -0.2) is 15.0 Å². The van der Waals surface area contributed by atoms with Gasteiger partial charge >= 0.3 is 0 Å². The molecule has 0 spiro atoms. The van der Waals surface area contributed by atoms with E-state index in [0.29, 0.717) is 11.4 Å². The quantitative estimate of drug-likeness (QED) is 0.716. The van der Waals surface area contributed by atoms with Crippen molar-refractivity contribution in [3.05, 3.63) is 60.1 Å². The van der Waals surface area contributed by atoms with Crippen molar-refractivity contribution in [3.8, 4) is 11.5 Å². The minimum Gasteiger partial charge on any atom is -0.333 e. The number of aryl methyl sites for hydroxylation is 2. The Morgan fingerprint density at radius 1 is 1.15 bits per heavy atom. The van der Waals surface area contributed by atoms with Gasteiger partial charge in [-0.15, -0.1) is 0 Å². The third-order valence-electron chi connectivity index (χ3n) is 4.94. The lowest BCUT2D eigenvalue weighted by molar-refractivity contribution is 0.0605. The van der Waals surface area contributed by atoms with E-state index in [1.807, 2.05) is 35.7 Å². The summed E-state index contributed by atoms with van der Waals surface area (Å²) in [5.41, 5.74) is 2.32. The number of carbonyl (C=O) groups excluding carboxylic acids is 1. The maximum Gasteiger partial charge on any atom is 0.254 e. The van der Waals surface area contributed by atoms with Crippen molar-refractivity contribution in [3.63, 3.8) is 0 Å². The molecule has 0 bridgehead atoms. The van der Waals surface area contributed by atoms with Gasteiger partial charge in [-0.2, -0.15) is 0 Å². The number of pyridine rings is 1. The van der Waals surface area contributed by atoms with Crippen LogP contribution in [0.3, 0.4) is 0 Å². The molecule has 1 aliphatic rings. The van der Waals surface area contributed by atoms with Gasteiger partial charge in [-0.3, -0.25) is 9.78 Å². The van der Waals surface area contributed by atoms with E-state index in [1.54, 1.807) is 30.7 Å². The van der Waals surface area contributed by atoms with Crippen molar-refractivity contribution >= 4 is 5.91 Å². The summed E-state index contributed by atoms with van der Waals surface area (Å²) < 4.78 is 1.94. The van der Waals surface area contributed by atoms with Gasteiger partial charge in [0.15, 0.2) is 5.82 Å². The molecule has 4 rings (SSSR count). The Kier molecular flexibility index (Phi) is 4.66. The molecule has 1 saturated heterocycles. The number of aromatic nitrogens is 5. The Balaban J connectivity index is 1.71. The lowest BCUT2D eigenvalue weighted by atomic mass is 9.97. The molecular formula is C20H22N6O. The molecule has 7 heteroatoms. The summed E-state index contributed by atoms with van der Waals surface area (Å²) in [6, 6.07) is 5.44. The SMILES string of the molecule is Cc1nc(-c2nccn2C)cc(C2CCCCN2C(=O)c2ccncc2)n1. The smallest absolute Gasteiger partial charge is 0.254 e. The fourth-order valence-corrected chi connectivity index (χ4v) is 3.63. The van der Waals surface area contributed by atoms with Crippen LogP contribution in [0.5, 0.6) is 0 Å². The highest BCUT2D eigenvalue weighted by Crippen LogP contribution is 2.32. The topological polar surface area (TPSA) is 76.8 Å². The number of piperidine rings is 1. The van der Waals surface area contributed by atoms with Gasteiger partial charge in [-0.1, -0.05) is 0 Å². The Morgan fingerprint density at radius 3 is 2.70 bits per heavy atom. The molecule has 7 nitrogen and oxygen atoms in total. The fraction of sp³-hybridized carbons (Fsp3) is 0.350. The summed E-state index contributed by atoms with van der Waals surface area (Å²) in [5, 5.41) is 0. The fourth-order valence-electron chi connectivity index (χ4n) is 3.63. The molecule has 3 aromatic rings. The van der Waals surface area contributed by atoms with Crippen molar-refractivity contribution in [2.45, 2.75) is 32.2 Å². The molecule has 0 radical (unpaired) electrons. The normalized spacial score (nSPS) is 17.1. The lowest BCUT2D eigenvalue weighted by Crippen LogP contribution is -2.39. The van der Waals surface area contributed by atoms with Crippen molar-refractivity contribution < 1.29 is 4.79 Å². The predicted octanol–water partition coefficient (Wildman–Crippen LogP) is 2.95. The van der Waals surface area contributed by atoms with Crippen LogP contribution in [0, 0.1) is 6.92 Å². The Hall–Kier alpha value is -3.09. The average molecular weight is 362 g/mol. The number of amides is 1. The first-order valence-corrected chi connectivity index (χ1v) is 9.18. The van der Waals surface area contributed by atoms with Crippen molar-refractivity contribution in [1.29, 1.82) is 0 Å². The molecule has 0 aliphatic carbocycles. The Bertz CT molecular complexity index is 952. The van der Waals surface area contributed by atoms with E-state index < -0.39 is 0 Å². The Labute approximate surface area is 158 Å². The van der Waals surface area contributed by atoms with Crippen molar-refractivity contribution in [2.24, 2.45) is 7.05 Å². The second kappa shape index (κ2) is 7.26. The average Bonchev–Trinajstić information content (AvgIpc) is 3.13. The third-order valence-corrected chi connectivity index (χ3v) is 4.94. The highest BCUT2D eigenvalue weighted by Gasteiger charge is 2.30. The van der Waals surface area contributed by atoms with Gasteiger partial charge in [-0.05, 0) is 44.4 Å². The molecular weight excluding hydrogens is 340 g/mol. The molecule has 1 aliphatic heterocycles. The van der Waals surface area contributed by atoms with E-state index in [-0.39, 0.29) is 11.9 Å². The predicted molar refractivity (Wildman–Crippen MR) is 101 cm³/mol. The van der Waals surface area contributed by atoms with Crippen LogP contribution >= 0.6 is 0 Å². The van der Waals surface area contributed by atoms with Gasteiger partial charge in [0.2, 0.25) is 0 Å². The Morgan fingerprint density at radius 2 is 1.96 bits per heavy atom. The summed E-state index contributed by atoms with van der Waals surface area (Å²) in [6.45, 7) is 2.61. The van der Waals surface area contributed by atoms with Crippen LogP contribution in [0.15, 0.2) is 43.0 Å². The zero-order chi connectivity index (χ0) is 18.8. The van der Waals surface area contributed by atoms with Gasteiger partial charge in [0.1, 0.15) is 11.5 Å². The summed E-state index contributed by atoms with van der Waals surface area (Å²) >= 11 is 0. The highest BCUT2D eigenvalue weighted by molar-refractivity contribution is 5.94. The largest absolute Gasteiger partial charge is 0.333 e. The van der Waals surface area contributed by atoms with E-state index in [9.17, 15) is 4.79 Å². The van der Waals surface area contributed by atoms with Crippen LogP contribution in [0.2, 0.25) is 0 Å². The molecule has 3 aromatic heterocycles. The van der Waals surface area contributed by atoms with E-state index in [4.69, 9.17) is 0 Å². The monoisotopic (exact) mass is 362 g/mol. The first-order chi connectivity index (χ1) is 13.1. The molecule has 1 amide bonds. The van der Waals surface area contributed by atoms with Crippen LogP contribution in [0.4, 0.5) is 0 Å². The first-order valence-electron chi connectivity index (χ1n) is 9.18. The number of nitrogens with zero attached hydrogens (tertiary/aromatic N) is 6. The summed E-state index contributed by atoms with van der Waals surface area (Å²) in [7, 11) is 1.94. The number of rotatable bonds is 3.